The van der Waals surface area contributed by atoms with Crippen LogP contribution < -0.4 is 5.32 Å². The normalized spacial score (nSPS) is 16.5. The van der Waals surface area contributed by atoms with Gasteiger partial charge in [0.25, 0.3) is 5.91 Å². The van der Waals surface area contributed by atoms with Crippen LogP contribution in [0.3, 0.4) is 0 Å². The number of amides is 2. The lowest BCUT2D eigenvalue weighted by atomic mass is 10.0. The van der Waals surface area contributed by atoms with E-state index in [1.807, 2.05) is 0 Å². The molecule has 2 aliphatic heterocycles. The molecule has 36 heavy (non-hydrogen) atoms. The number of carbonyl (C=O) groups excluding carboxylic acids is 2. The van der Waals surface area contributed by atoms with Crippen molar-refractivity contribution in [3.63, 3.8) is 0 Å². The summed E-state index contributed by atoms with van der Waals surface area (Å²) in [7, 11) is -3.07. The SMILES string of the molecule is O=C1NCc2nc(-c3c(F)cccc3F)nc(Cc3ccc(CC(=O)N4CCS(=O)(=O)CC4)cc3)c21. The lowest BCUT2D eigenvalue weighted by molar-refractivity contribution is -0.130. The molecule has 0 atom stereocenters. The first-order valence-electron chi connectivity index (χ1n) is 11.4. The van der Waals surface area contributed by atoms with Gasteiger partial charge in [-0.1, -0.05) is 30.3 Å². The highest BCUT2D eigenvalue weighted by molar-refractivity contribution is 7.91. The van der Waals surface area contributed by atoms with Gasteiger partial charge in [0.2, 0.25) is 5.91 Å². The maximum atomic E-state index is 14.4. The fourth-order valence-corrected chi connectivity index (χ4v) is 5.57. The molecule has 0 radical (unpaired) electrons. The van der Waals surface area contributed by atoms with Crippen molar-refractivity contribution in [2.24, 2.45) is 0 Å². The summed E-state index contributed by atoms with van der Waals surface area (Å²) in [6.07, 6.45) is 0.363. The molecule has 2 aliphatic rings. The lowest BCUT2D eigenvalue weighted by Gasteiger charge is -2.26. The Bertz CT molecular complexity index is 1440. The molecule has 0 spiro atoms. The van der Waals surface area contributed by atoms with Crippen molar-refractivity contribution in [3.8, 4) is 11.4 Å². The quantitative estimate of drug-likeness (QED) is 0.561. The predicted octanol–water partition coefficient (Wildman–Crippen LogP) is 2.06. The van der Waals surface area contributed by atoms with Crippen LogP contribution in [0.1, 0.15) is 32.9 Å². The number of aromatic nitrogens is 2. The Hall–Kier alpha value is -3.73. The van der Waals surface area contributed by atoms with Crippen LogP contribution in [0.2, 0.25) is 0 Å². The highest BCUT2D eigenvalue weighted by Gasteiger charge is 2.28. The van der Waals surface area contributed by atoms with Crippen molar-refractivity contribution in [1.82, 2.24) is 20.2 Å². The fourth-order valence-electron chi connectivity index (χ4n) is 4.37. The molecule has 3 aromatic rings. The van der Waals surface area contributed by atoms with E-state index in [0.717, 1.165) is 23.3 Å². The Labute approximate surface area is 206 Å². The molecule has 2 amide bonds. The average molecular weight is 513 g/mol. The van der Waals surface area contributed by atoms with Crippen LogP contribution in [-0.4, -0.2) is 59.7 Å². The van der Waals surface area contributed by atoms with E-state index >= 15 is 0 Å². The predicted molar refractivity (Wildman–Crippen MR) is 127 cm³/mol. The summed E-state index contributed by atoms with van der Waals surface area (Å²) in [5.74, 6) is -2.23. The highest BCUT2D eigenvalue weighted by Crippen LogP contribution is 2.28. The highest BCUT2D eigenvalue weighted by atomic mass is 32.2. The number of nitrogens with zero attached hydrogens (tertiary/aromatic N) is 3. The van der Waals surface area contributed by atoms with Gasteiger partial charge >= 0.3 is 0 Å². The van der Waals surface area contributed by atoms with E-state index in [1.54, 1.807) is 29.2 Å². The molecule has 11 heteroatoms. The molecule has 8 nitrogen and oxygen atoms in total. The molecule has 0 bridgehead atoms. The third-order valence-corrected chi connectivity index (χ3v) is 7.94. The zero-order chi connectivity index (χ0) is 25.4. The number of nitrogens with one attached hydrogen (secondary N) is 1. The molecule has 1 saturated heterocycles. The smallest absolute Gasteiger partial charge is 0.255 e. The zero-order valence-corrected chi connectivity index (χ0v) is 19.9. The minimum atomic E-state index is -3.07. The van der Waals surface area contributed by atoms with Crippen LogP contribution in [0, 0.1) is 11.6 Å². The van der Waals surface area contributed by atoms with Gasteiger partial charge < -0.3 is 10.2 Å². The number of sulfone groups is 1. The summed E-state index contributed by atoms with van der Waals surface area (Å²) in [4.78, 5) is 35.1. The molecule has 1 aromatic heterocycles. The van der Waals surface area contributed by atoms with Crippen LogP contribution in [0.4, 0.5) is 8.78 Å². The van der Waals surface area contributed by atoms with Gasteiger partial charge in [-0.3, -0.25) is 9.59 Å². The summed E-state index contributed by atoms with van der Waals surface area (Å²) >= 11 is 0. The Kier molecular flexibility index (Phi) is 6.25. The lowest BCUT2D eigenvalue weighted by Crippen LogP contribution is -2.44. The molecule has 1 N–H and O–H groups in total. The van der Waals surface area contributed by atoms with E-state index in [2.05, 4.69) is 15.3 Å². The Morgan fingerprint density at radius 3 is 2.25 bits per heavy atom. The maximum Gasteiger partial charge on any atom is 0.255 e. The van der Waals surface area contributed by atoms with Gasteiger partial charge in [-0.05, 0) is 23.3 Å². The number of benzene rings is 2. The van der Waals surface area contributed by atoms with E-state index in [-0.39, 0.29) is 67.2 Å². The molecule has 0 aliphatic carbocycles. The first kappa shape index (κ1) is 24.0. The molecule has 3 heterocycles. The van der Waals surface area contributed by atoms with Crippen LogP contribution >= 0.6 is 0 Å². The molecule has 0 unspecified atom stereocenters. The Balaban J connectivity index is 1.36. The summed E-state index contributed by atoms with van der Waals surface area (Å²) in [5.41, 5.74) is 2.24. The van der Waals surface area contributed by atoms with Crippen molar-refractivity contribution < 1.29 is 26.8 Å². The number of carbonyl (C=O) groups is 2. The zero-order valence-electron chi connectivity index (χ0n) is 19.1. The first-order chi connectivity index (χ1) is 17.2. The number of rotatable bonds is 5. The third-order valence-electron chi connectivity index (χ3n) is 6.34. The molecule has 5 rings (SSSR count). The minimum Gasteiger partial charge on any atom is -0.346 e. The largest absolute Gasteiger partial charge is 0.346 e. The number of fused-ring (bicyclic) bond motifs is 1. The van der Waals surface area contributed by atoms with Crippen LogP contribution in [0.25, 0.3) is 11.4 Å². The van der Waals surface area contributed by atoms with E-state index in [0.29, 0.717) is 17.0 Å². The van der Waals surface area contributed by atoms with Gasteiger partial charge in [-0.2, -0.15) is 0 Å². The molecule has 2 aromatic carbocycles. The van der Waals surface area contributed by atoms with Gasteiger partial charge in [-0.25, -0.2) is 27.2 Å². The molecule has 0 saturated carbocycles. The third kappa shape index (κ3) is 4.83. The van der Waals surface area contributed by atoms with Crippen molar-refractivity contribution in [2.75, 3.05) is 24.6 Å². The number of hydrogen-bond acceptors (Lipinski definition) is 6. The second kappa shape index (κ2) is 9.38. The number of halogens is 2. The Morgan fingerprint density at radius 1 is 0.944 bits per heavy atom. The molecular formula is C25H22F2N4O4S. The van der Waals surface area contributed by atoms with Gasteiger partial charge in [0.05, 0.1) is 47.0 Å². The molecule has 186 valence electrons. The van der Waals surface area contributed by atoms with E-state index in [9.17, 15) is 26.8 Å². The van der Waals surface area contributed by atoms with E-state index < -0.39 is 21.5 Å². The molecule has 1 fully saturated rings. The average Bonchev–Trinajstić information content (AvgIpc) is 3.21. The van der Waals surface area contributed by atoms with Crippen LogP contribution in [0.5, 0.6) is 0 Å². The second-order valence-corrected chi connectivity index (χ2v) is 11.1. The van der Waals surface area contributed by atoms with Crippen molar-refractivity contribution in [1.29, 1.82) is 0 Å². The summed E-state index contributed by atoms with van der Waals surface area (Å²) < 4.78 is 51.9. The minimum absolute atomic E-state index is 0.0206. The van der Waals surface area contributed by atoms with Crippen molar-refractivity contribution in [2.45, 2.75) is 19.4 Å². The van der Waals surface area contributed by atoms with Gasteiger partial charge in [0.15, 0.2) is 15.7 Å². The van der Waals surface area contributed by atoms with E-state index in [1.165, 1.54) is 6.07 Å². The Morgan fingerprint density at radius 2 is 1.58 bits per heavy atom. The number of hydrogen-bond donors (Lipinski definition) is 1. The maximum absolute atomic E-state index is 14.4. The van der Waals surface area contributed by atoms with Crippen molar-refractivity contribution in [3.05, 3.63) is 82.2 Å². The molecular weight excluding hydrogens is 490 g/mol. The van der Waals surface area contributed by atoms with Crippen molar-refractivity contribution >= 4 is 21.7 Å². The summed E-state index contributed by atoms with van der Waals surface area (Å²) in [6.45, 7) is 0.543. The van der Waals surface area contributed by atoms with Crippen LogP contribution in [-0.2, 0) is 34.0 Å². The van der Waals surface area contributed by atoms with E-state index in [4.69, 9.17) is 0 Å². The van der Waals surface area contributed by atoms with Gasteiger partial charge in [0, 0.05) is 19.5 Å². The van der Waals surface area contributed by atoms with Crippen LogP contribution in [0.15, 0.2) is 42.5 Å². The van der Waals surface area contributed by atoms with Gasteiger partial charge in [0.1, 0.15) is 11.6 Å². The topological polar surface area (TPSA) is 109 Å². The van der Waals surface area contributed by atoms with Gasteiger partial charge in [-0.15, -0.1) is 0 Å². The fraction of sp³-hybridized carbons (Fsp3) is 0.280. The summed E-state index contributed by atoms with van der Waals surface area (Å²) in [5, 5.41) is 2.68. The summed E-state index contributed by atoms with van der Waals surface area (Å²) in [6, 6.07) is 10.7. The first-order valence-corrected chi connectivity index (χ1v) is 13.2. The second-order valence-electron chi connectivity index (χ2n) is 8.80. The standard InChI is InChI=1S/C25H22F2N4O4S/c26-17-2-1-3-18(27)22(17)24-29-19(23-20(30-24)14-28-25(23)33)12-15-4-6-16(7-5-15)13-21(32)31-8-10-36(34,35)11-9-31/h1-7H,8-14H2,(H,28,33). The monoisotopic (exact) mass is 512 g/mol.